The van der Waals surface area contributed by atoms with Crippen molar-refractivity contribution < 1.29 is 9.13 Å². The highest BCUT2D eigenvalue weighted by Gasteiger charge is 2.15. The van der Waals surface area contributed by atoms with E-state index in [0.717, 1.165) is 16.8 Å². The molecule has 0 amide bonds. The van der Waals surface area contributed by atoms with Crippen LogP contribution in [0.25, 0.3) is 16.6 Å². The molecule has 0 N–H and O–H groups in total. The van der Waals surface area contributed by atoms with Crippen LogP contribution in [0.15, 0.2) is 76.7 Å². The van der Waals surface area contributed by atoms with E-state index >= 15 is 0 Å². The van der Waals surface area contributed by atoms with Gasteiger partial charge in [0.25, 0.3) is 5.56 Å². The second-order valence-corrected chi connectivity index (χ2v) is 7.96. The summed E-state index contributed by atoms with van der Waals surface area (Å²) in [5.74, 6) is 0.347. The van der Waals surface area contributed by atoms with Gasteiger partial charge >= 0.3 is 0 Å². The molecular weight excluding hydrogens is 399 g/mol. The van der Waals surface area contributed by atoms with Crippen LogP contribution in [0, 0.1) is 19.7 Å². The van der Waals surface area contributed by atoms with E-state index in [1.165, 1.54) is 17.8 Å². The number of benzene rings is 3. The van der Waals surface area contributed by atoms with Crippen LogP contribution in [0.3, 0.4) is 0 Å². The van der Waals surface area contributed by atoms with Gasteiger partial charge in [0.05, 0.1) is 23.2 Å². The van der Waals surface area contributed by atoms with Crippen molar-refractivity contribution in [3.05, 3.63) is 94.0 Å². The van der Waals surface area contributed by atoms with Gasteiger partial charge in [-0.15, -0.1) is 0 Å². The molecule has 30 heavy (non-hydrogen) atoms. The molecule has 4 rings (SSSR count). The van der Waals surface area contributed by atoms with Crippen molar-refractivity contribution in [1.82, 2.24) is 9.55 Å². The Kier molecular flexibility index (Phi) is 5.86. The molecule has 0 fully saturated rings. The largest absolute Gasteiger partial charge is 0.490 e. The molecular formula is C24H21FN2O2S. The molecule has 3 aromatic carbocycles. The van der Waals surface area contributed by atoms with Crippen molar-refractivity contribution in [2.24, 2.45) is 0 Å². The molecule has 6 heteroatoms. The molecule has 0 radical (unpaired) electrons. The Morgan fingerprint density at radius 1 is 1.00 bits per heavy atom. The SMILES string of the molecule is Cc1cccc(-n2c(SCCOc3ccccc3F)nc3ccccc3c2=O)c1C. The summed E-state index contributed by atoms with van der Waals surface area (Å²) >= 11 is 1.41. The highest BCUT2D eigenvalue weighted by Crippen LogP contribution is 2.25. The van der Waals surface area contributed by atoms with Crippen molar-refractivity contribution >= 4 is 22.7 Å². The number of para-hydroxylation sites is 2. The van der Waals surface area contributed by atoms with Crippen molar-refractivity contribution in [2.45, 2.75) is 19.0 Å². The Hall–Kier alpha value is -3.12. The lowest BCUT2D eigenvalue weighted by Gasteiger charge is -2.16. The number of rotatable bonds is 6. The van der Waals surface area contributed by atoms with Crippen LogP contribution in [0.1, 0.15) is 11.1 Å². The minimum absolute atomic E-state index is 0.105. The molecule has 1 heterocycles. The number of aromatic nitrogens is 2. The van der Waals surface area contributed by atoms with E-state index < -0.39 is 5.82 Å². The number of fused-ring (bicyclic) bond motifs is 1. The number of nitrogens with zero attached hydrogens (tertiary/aromatic N) is 2. The molecule has 0 saturated heterocycles. The van der Waals surface area contributed by atoms with E-state index in [1.807, 2.05) is 50.2 Å². The zero-order valence-electron chi connectivity index (χ0n) is 16.8. The first kappa shape index (κ1) is 20.2. The van der Waals surface area contributed by atoms with E-state index in [4.69, 9.17) is 9.72 Å². The lowest BCUT2D eigenvalue weighted by molar-refractivity contribution is 0.325. The van der Waals surface area contributed by atoms with E-state index in [2.05, 4.69) is 0 Å². The van der Waals surface area contributed by atoms with Crippen molar-refractivity contribution in [2.75, 3.05) is 12.4 Å². The van der Waals surface area contributed by atoms with Gasteiger partial charge in [0.15, 0.2) is 16.7 Å². The predicted octanol–water partition coefficient (Wildman–Crippen LogP) is 5.31. The molecule has 0 saturated carbocycles. The fourth-order valence-corrected chi connectivity index (χ4v) is 4.07. The van der Waals surface area contributed by atoms with Crippen LogP contribution in [-0.2, 0) is 0 Å². The van der Waals surface area contributed by atoms with Crippen LogP contribution >= 0.6 is 11.8 Å². The molecule has 0 aliphatic carbocycles. The van der Waals surface area contributed by atoms with Gasteiger partial charge in [-0.3, -0.25) is 9.36 Å². The first-order valence-electron chi connectivity index (χ1n) is 9.65. The highest BCUT2D eigenvalue weighted by atomic mass is 32.2. The fraction of sp³-hybridized carbons (Fsp3) is 0.167. The molecule has 0 unspecified atom stereocenters. The van der Waals surface area contributed by atoms with Crippen LogP contribution < -0.4 is 10.3 Å². The Morgan fingerprint density at radius 3 is 2.60 bits per heavy atom. The Bertz CT molecular complexity index is 1270. The first-order chi connectivity index (χ1) is 14.6. The van der Waals surface area contributed by atoms with Crippen molar-refractivity contribution in [3.63, 3.8) is 0 Å². The molecule has 1 aromatic heterocycles. The third-order valence-electron chi connectivity index (χ3n) is 4.97. The van der Waals surface area contributed by atoms with Crippen molar-refractivity contribution in [3.8, 4) is 11.4 Å². The summed E-state index contributed by atoms with van der Waals surface area (Å²) in [4.78, 5) is 18.1. The molecule has 0 spiro atoms. The fourth-order valence-electron chi connectivity index (χ4n) is 3.25. The number of ether oxygens (including phenoxy) is 1. The van der Waals surface area contributed by atoms with Crippen LogP contribution in [0.2, 0.25) is 0 Å². The van der Waals surface area contributed by atoms with E-state index in [1.54, 1.807) is 28.8 Å². The van der Waals surface area contributed by atoms with E-state index in [-0.39, 0.29) is 11.3 Å². The number of thioether (sulfide) groups is 1. The Labute approximate surface area is 178 Å². The molecule has 0 aliphatic heterocycles. The van der Waals surface area contributed by atoms with Crippen LogP contribution in [0.4, 0.5) is 4.39 Å². The van der Waals surface area contributed by atoms with Gasteiger partial charge < -0.3 is 4.74 Å². The summed E-state index contributed by atoms with van der Waals surface area (Å²) < 4.78 is 21.0. The molecule has 4 aromatic rings. The Balaban J connectivity index is 1.68. The van der Waals surface area contributed by atoms with Crippen LogP contribution in [0.5, 0.6) is 5.75 Å². The lowest BCUT2D eigenvalue weighted by Crippen LogP contribution is -2.23. The summed E-state index contributed by atoms with van der Waals surface area (Å²) in [5, 5.41) is 1.16. The molecule has 0 aliphatic rings. The van der Waals surface area contributed by atoms with Gasteiger partial charge in [0, 0.05) is 5.75 Å². The number of hydrogen-bond donors (Lipinski definition) is 0. The summed E-state index contributed by atoms with van der Waals surface area (Å²) in [7, 11) is 0. The molecule has 152 valence electrons. The van der Waals surface area contributed by atoms with E-state index in [0.29, 0.717) is 28.4 Å². The summed E-state index contributed by atoms with van der Waals surface area (Å²) in [6.07, 6.45) is 0. The summed E-state index contributed by atoms with van der Waals surface area (Å²) in [6, 6.07) is 19.6. The van der Waals surface area contributed by atoms with E-state index in [9.17, 15) is 9.18 Å². The molecule has 0 atom stereocenters. The number of halogens is 1. The van der Waals surface area contributed by atoms with Gasteiger partial charge in [-0.25, -0.2) is 9.37 Å². The second kappa shape index (κ2) is 8.71. The maximum absolute atomic E-state index is 13.7. The highest BCUT2D eigenvalue weighted by molar-refractivity contribution is 7.99. The quantitative estimate of drug-likeness (QED) is 0.241. The Morgan fingerprint density at radius 2 is 1.77 bits per heavy atom. The summed E-state index contributed by atoms with van der Waals surface area (Å²) in [6.45, 7) is 4.32. The maximum Gasteiger partial charge on any atom is 0.266 e. The second-order valence-electron chi connectivity index (χ2n) is 6.90. The van der Waals surface area contributed by atoms with Gasteiger partial charge in [0.1, 0.15) is 0 Å². The smallest absolute Gasteiger partial charge is 0.266 e. The van der Waals surface area contributed by atoms with Gasteiger partial charge in [-0.05, 0) is 55.3 Å². The van der Waals surface area contributed by atoms with Crippen LogP contribution in [-0.4, -0.2) is 21.9 Å². The third-order valence-corrected chi connectivity index (χ3v) is 5.87. The summed E-state index contributed by atoms with van der Waals surface area (Å²) in [5.41, 5.74) is 3.50. The van der Waals surface area contributed by atoms with Gasteiger partial charge in [-0.1, -0.05) is 48.2 Å². The maximum atomic E-state index is 13.7. The monoisotopic (exact) mass is 420 g/mol. The minimum Gasteiger partial charge on any atom is -0.490 e. The van der Waals surface area contributed by atoms with Gasteiger partial charge in [0.2, 0.25) is 0 Å². The normalized spacial score (nSPS) is 11.0. The lowest BCUT2D eigenvalue weighted by atomic mass is 10.1. The number of aryl methyl sites for hydroxylation is 1. The third kappa shape index (κ3) is 3.96. The van der Waals surface area contributed by atoms with Crippen molar-refractivity contribution in [1.29, 1.82) is 0 Å². The minimum atomic E-state index is -0.390. The molecule has 0 bridgehead atoms. The zero-order chi connectivity index (χ0) is 21.1. The first-order valence-corrected chi connectivity index (χ1v) is 10.6. The van der Waals surface area contributed by atoms with Gasteiger partial charge in [-0.2, -0.15) is 0 Å². The topological polar surface area (TPSA) is 44.1 Å². The number of hydrogen-bond acceptors (Lipinski definition) is 4. The average molecular weight is 421 g/mol. The predicted molar refractivity (Wildman–Crippen MR) is 119 cm³/mol. The molecule has 4 nitrogen and oxygen atoms in total. The average Bonchev–Trinajstić information content (AvgIpc) is 2.75. The standard InChI is InChI=1S/C24H21FN2O2S/c1-16-8-7-12-21(17(16)2)27-23(28)18-9-3-5-11-20(18)26-24(27)30-15-14-29-22-13-6-4-10-19(22)25/h3-13H,14-15H2,1-2H3. The zero-order valence-corrected chi connectivity index (χ0v) is 17.6.